The number of nitrogens with one attached hydrogen (secondary N) is 2. The Morgan fingerprint density at radius 1 is 1.22 bits per heavy atom. The molecule has 0 radical (unpaired) electrons. The number of nitrogens with zero attached hydrogens (tertiary/aromatic N) is 2. The zero-order valence-corrected chi connectivity index (χ0v) is 14.6. The fraction of sp³-hybridized carbons (Fsp3) is 0.176. The molecule has 0 heterocycles. The van der Waals surface area contributed by atoms with Crippen LogP contribution in [0.25, 0.3) is 0 Å². The third kappa shape index (κ3) is 5.39. The number of halogens is 1. The van der Waals surface area contributed by atoms with Crippen molar-refractivity contribution in [2.24, 2.45) is 5.10 Å². The van der Waals surface area contributed by atoms with Crippen LogP contribution in [0.3, 0.4) is 0 Å². The number of methoxy groups -OCH3 is 2. The van der Waals surface area contributed by atoms with Crippen LogP contribution in [-0.4, -0.2) is 37.8 Å². The summed E-state index contributed by atoms with van der Waals surface area (Å²) in [4.78, 5) is 22.3. The molecule has 0 aliphatic heterocycles. The summed E-state index contributed by atoms with van der Waals surface area (Å²) >= 11 is 0. The highest BCUT2D eigenvalue weighted by Crippen LogP contribution is 2.33. The number of hydrogen-bond donors (Lipinski definition) is 2. The van der Waals surface area contributed by atoms with Gasteiger partial charge in [-0.2, -0.15) is 5.10 Å². The summed E-state index contributed by atoms with van der Waals surface area (Å²) < 4.78 is 22.9. The standard InChI is InChI=1S/C17H17FN4O5/c1-26-15-8-16(27-2)14(22(24)25)7-11(15)9-20-21-17(23)10-19-13-5-3-12(18)4-6-13/h3-9,19H,10H2,1-2H3,(H,21,23)/b20-9-. The van der Waals surface area contributed by atoms with E-state index in [1.54, 1.807) is 0 Å². The molecule has 0 fully saturated rings. The molecule has 0 saturated heterocycles. The predicted molar refractivity (Wildman–Crippen MR) is 96.8 cm³/mol. The Hall–Kier alpha value is -3.69. The average Bonchev–Trinajstić information content (AvgIpc) is 2.67. The van der Waals surface area contributed by atoms with E-state index in [4.69, 9.17) is 9.47 Å². The second-order valence-electron chi connectivity index (χ2n) is 5.18. The van der Waals surface area contributed by atoms with Gasteiger partial charge in [0.25, 0.3) is 5.91 Å². The normalized spacial score (nSPS) is 10.5. The summed E-state index contributed by atoms with van der Waals surface area (Å²) in [7, 11) is 2.70. The van der Waals surface area contributed by atoms with Gasteiger partial charge in [-0.05, 0) is 24.3 Å². The Kier molecular flexibility index (Phi) is 6.64. The molecule has 9 nitrogen and oxygen atoms in total. The number of amides is 1. The van der Waals surface area contributed by atoms with Crippen molar-refractivity contribution in [3.05, 3.63) is 57.9 Å². The maximum Gasteiger partial charge on any atom is 0.311 e. The van der Waals surface area contributed by atoms with E-state index in [0.717, 1.165) is 0 Å². The highest BCUT2D eigenvalue weighted by molar-refractivity contribution is 5.87. The van der Waals surface area contributed by atoms with Gasteiger partial charge in [-0.25, -0.2) is 9.82 Å². The van der Waals surface area contributed by atoms with Crippen molar-refractivity contribution in [2.45, 2.75) is 0 Å². The number of nitro benzene ring substituents is 1. The van der Waals surface area contributed by atoms with Crippen LogP contribution in [-0.2, 0) is 4.79 Å². The first kappa shape index (κ1) is 19.6. The van der Waals surface area contributed by atoms with E-state index in [1.165, 1.54) is 56.8 Å². The lowest BCUT2D eigenvalue weighted by molar-refractivity contribution is -0.385. The molecule has 0 bridgehead atoms. The molecule has 0 spiro atoms. The first-order chi connectivity index (χ1) is 12.9. The molecular formula is C17H17FN4O5. The zero-order valence-electron chi connectivity index (χ0n) is 14.6. The van der Waals surface area contributed by atoms with E-state index in [-0.39, 0.29) is 29.4 Å². The van der Waals surface area contributed by atoms with E-state index in [2.05, 4.69) is 15.8 Å². The SMILES string of the molecule is COc1cc(OC)c([N+](=O)[O-])cc1/C=N\NC(=O)CNc1ccc(F)cc1. The Labute approximate surface area is 153 Å². The van der Waals surface area contributed by atoms with Crippen LogP contribution in [0.15, 0.2) is 41.5 Å². The second-order valence-corrected chi connectivity index (χ2v) is 5.18. The van der Waals surface area contributed by atoms with Crippen LogP contribution in [0.5, 0.6) is 11.5 Å². The van der Waals surface area contributed by atoms with Gasteiger partial charge >= 0.3 is 5.69 Å². The fourth-order valence-electron chi connectivity index (χ4n) is 2.11. The number of carbonyl (C=O) groups is 1. The molecule has 0 saturated carbocycles. The van der Waals surface area contributed by atoms with Crippen molar-refractivity contribution < 1.29 is 23.6 Å². The quantitative estimate of drug-likeness (QED) is 0.415. The molecule has 2 N–H and O–H groups in total. The number of hydrazone groups is 1. The van der Waals surface area contributed by atoms with Crippen LogP contribution in [0.1, 0.15) is 5.56 Å². The highest BCUT2D eigenvalue weighted by Gasteiger charge is 2.18. The maximum absolute atomic E-state index is 12.8. The van der Waals surface area contributed by atoms with E-state index in [9.17, 15) is 19.3 Å². The molecule has 0 aliphatic rings. The third-order valence-corrected chi connectivity index (χ3v) is 3.42. The monoisotopic (exact) mass is 376 g/mol. The minimum atomic E-state index is -0.596. The summed E-state index contributed by atoms with van der Waals surface area (Å²) in [6, 6.07) is 8.10. The first-order valence-electron chi connectivity index (χ1n) is 7.66. The van der Waals surface area contributed by atoms with Gasteiger partial charge in [-0.15, -0.1) is 0 Å². The van der Waals surface area contributed by atoms with Gasteiger partial charge in [-0.1, -0.05) is 0 Å². The van der Waals surface area contributed by atoms with Gasteiger partial charge in [0.15, 0.2) is 0 Å². The van der Waals surface area contributed by atoms with E-state index in [0.29, 0.717) is 11.4 Å². The lowest BCUT2D eigenvalue weighted by atomic mass is 10.1. The van der Waals surface area contributed by atoms with Crippen LogP contribution in [0, 0.1) is 15.9 Å². The number of benzene rings is 2. The van der Waals surface area contributed by atoms with Crippen LogP contribution in [0.4, 0.5) is 15.8 Å². The molecule has 0 aliphatic carbocycles. The van der Waals surface area contributed by atoms with E-state index < -0.39 is 10.8 Å². The number of carbonyl (C=O) groups excluding carboxylic acids is 1. The van der Waals surface area contributed by atoms with E-state index >= 15 is 0 Å². The van der Waals surface area contributed by atoms with Crippen LogP contribution in [0.2, 0.25) is 0 Å². The van der Waals surface area contributed by atoms with Crippen molar-refractivity contribution >= 4 is 23.5 Å². The van der Waals surface area contributed by atoms with Crippen LogP contribution < -0.4 is 20.2 Å². The maximum atomic E-state index is 12.8. The number of ether oxygens (including phenoxy) is 2. The van der Waals surface area contributed by atoms with Gasteiger partial charge in [0, 0.05) is 23.4 Å². The largest absolute Gasteiger partial charge is 0.496 e. The van der Waals surface area contributed by atoms with Gasteiger partial charge in [0.2, 0.25) is 5.75 Å². The molecule has 0 unspecified atom stereocenters. The number of anilines is 1. The smallest absolute Gasteiger partial charge is 0.311 e. The van der Waals surface area contributed by atoms with Crippen molar-refractivity contribution in [1.29, 1.82) is 0 Å². The third-order valence-electron chi connectivity index (χ3n) is 3.42. The number of rotatable bonds is 8. The van der Waals surface area contributed by atoms with Gasteiger partial charge in [0.1, 0.15) is 11.6 Å². The highest BCUT2D eigenvalue weighted by atomic mass is 19.1. The van der Waals surface area contributed by atoms with Crippen molar-refractivity contribution in [3.8, 4) is 11.5 Å². The Morgan fingerprint density at radius 2 is 1.89 bits per heavy atom. The predicted octanol–water partition coefficient (Wildman–Crippen LogP) is 2.31. The average molecular weight is 376 g/mol. The molecule has 1 amide bonds. The van der Waals surface area contributed by atoms with Gasteiger partial charge in [-0.3, -0.25) is 14.9 Å². The minimum absolute atomic E-state index is 0.0431. The zero-order chi connectivity index (χ0) is 19.8. The summed E-state index contributed by atoms with van der Waals surface area (Å²) in [6.45, 7) is -0.0944. The topological polar surface area (TPSA) is 115 Å². The Balaban J connectivity index is 2.02. The van der Waals surface area contributed by atoms with Gasteiger partial charge in [0.05, 0.1) is 31.9 Å². The molecule has 27 heavy (non-hydrogen) atoms. The second kappa shape index (κ2) is 9.13. The van der Waals surface area contributed by atoms with E-state index in [1.807, 2.05) is 0 Å². The summed E-state index contributed by atoms with van der Waals surface area (Å²) in [5, 5.41) is 17.7. The molecule has 2 aromatic rings. The molecule has 2 aromatic carbocycles. The van der Waals surface area contributed by atoms with Crippen LogP contribution >= 0.6 is 0 Å². The van der Waals surface area contributed by atoms with Crippen molar-refractivity contribution in [2.75, 3.05) is 26.1 Å². The molecule has 0 atom stereocenters. The summed E-state index contributed by atoms with van der Waals surface area (Å²) in [5.74, 6) is -0.504. The van der Waals surface area contributed by atoms with Crippen molar-refractivity contribution in [3.63, 3.8) is 0 Å². The molecule has 142 valence electrons. The Morgan fingerprint density at radius 3 is 2.48 bits per heavy atom. The first-order valence-corrected chi connectivity index (χ1v) is 7.66. The van der Waals surface area contributed by atoms with Gasteiger partial charge < -0.3 is 14.8 Å². The summed E-state index contributed by atoms with van der Waals surface area (Å²) in [5.41, 5.74) is 2.88. The molecular weight excluding hydrogens is 359 g/mol. The Bertz CT molecular complexity index is 855. The molecule has 10 heteroatoms. The molecule has 2 rings (SSSR count). The number of nitro groups is 1. The fourth-order valence-corrected chi connectivity index (χ4v) is 2.11. The number of hydrogen-bond acceptors (Lipinski definition) is 7. The van der Waals surface area contributed by atoms with Crippen molar-refractivity contribution in [1.82, 2.24) is 5.43 Å². The molecule has 0 aromatic heterocycles. The lowest BCUT2D eigenvalue weighted by Crippen LogP contribution is -2.25. The minimum Gasteiger partial charge on any atom is -0.496 e. The lowest BCUT2D eigenvalue weighted by Gasteiger charge is -2.08. The summed E-state index contributed by atoms with van der Waals surface area (Å²) in [6.07, 6.45) is 1.22.